The quantitative estimate of drug-likeness (QED) is 0.339. The van der Waals surface area contributed by atoms with Gasteiger partial charge in [0.05, 0.1) is 4.90 Å². The van der Waals surface area contributed by atoms with Crippen LogP contribution in [0.2, 0.25) is 0 Å². The SMILES string of the molecule is NC(=O)c1nc(-c2c(F)cccc2F)oc1-c1ccc(NNS(=O)(=O)c2ccc(F)cc2)cc1. The molecule has 0 unspecified atom stereocenters. The molecule has 0 radical (unpaired) electrons. The van der Waals surface area contributed by atoms with E-state index in [0.717, 1.165) is 36.4 Å². The highest BCUT2D eigenvalue weighted by Crippen LogP contribution is 2.32. The number of carbonyl (C=O) groups is 1. The van der Waals surface area contributed by atoms with Crippen LogP contribution < -0.4 is 16.0 Å². The predicted molar refractivity (Wildman–Crippen MR) is 116 cm³/mol. The number of nitrogens with two attached hydrogens (primary N) is 1. The van der Waals surface area contributed by atoms with Gasteiger partial charge < -0.3 is 15.6 Å². The Bertz CT molecular complexity index is 1450. The number of halogens is 3. The Hall–Kier alpha value is -4.16. The molecule has 0 bridgehead atoms. The highest BCUT2D eigenvalue weighted by Gasteiger charge is 2.24. The lowest BCUT2D eigenvalue weighted by atomic mass is 10.1. The summed E-state index contributed by atoms with van der Waals surface area (Å²) in [7, 11) is -3.98. The Morgan fingerprint density at radius 2 is 1.53 bits per heavy atom. The summed E-state index contributed by atoms with van der Waals surface area (Å²) in [6.45, 7) is 0. The third kappa shape index (κ3) is 4.63. The molecule has 0 aliphatic heterocycles. The fraction of sp³-hybridized carbons (Fsp3) is 0. The molecule has 0 fully saturated rings. The van der Waals surface area contributed by atoms with Crippen LogP contribution in [-0.2, 0) is 10.0 Å². The van der Waals surface area contributed by atoms with E-state index in [0.29, 0.717) is 5.69 Å². The molecule has 0 aliphatic rings. The number of carbonyl (C=O) groups excluding carboxylic acids is 1. The lowest BCUT2D eigenvalue weighted by molar-refractivity contribution is 0.0996. The minimum atomic E-state index is -3.98. The minimum absolute atomic E-state index is 0.122. The van der Waals surface area contributed by atoms with Gasteiger partial charge in [0.15, 0.2) is 11.5 Å². The number of rotatable bonds is 7. The third-order valence-corrected chi connectivity index (χ3v) is 5.90. The average Bonchev–Trinajstić information content (AvgIpc) is 3.24. The number of anilines is 1. The molecule has 4 N–H and O–H groups in total. The second-order valence-corrected chi connectivity index (χ2v) is 8.60. The largest absolute Gasteiger partial charge is 0.435 e. The molecule has 12 heteroatoms. The standard InChI is InChI=1S/C22H15F3N4O4S/c23-13-6-10-15(11-7-13)34(31,32)29-28-14-8-4-12(5-9-14)20-19(21(26)30)27-22(33-20)18-16(24)2-1-3-17(18)25/h1-11,28-29H,(H2,26,30). The number of hydrogen-bond donors (Lipinski definition) is 3. The summed E-state index contributed by atoms with van der Waals surface area (Å²) in [6, 6.07) is 13.2. The average molecular weight is 488 g/mol. The summed E-state index contributed by atoms with van der Waals surface area (Å²) >= 11 is 0. The molecular weight excluding hydrogens is 473 g/mol. The highest BCUT2D eigenvalue weighted by atomic mass is 32.2. The van der Waals surface area contributed by atoms with Gasteiger partial charge in [0, 0.05) is 11.3 Å². The predicted octanol–water partition coefficient (Wildman–Crippen LogP) is 3.83. The number of sulfonamides is 1. The molecule has 0 atom stereocenters. The number of hydrogen-bond acceptors (Lipinski definition) is 6. The molecule has 0 spiro atoms. The van der Waals surface area contributed by atoms with Crippen LogP contribution in [0.3, 0.4) is 0 Å². The molecule has 1 amide bonds. The van der Waals surface area contributed by atoms with Crippen LogP contribution in [0, 0.1) is 17.5 Å². The molecule has 4 rings (SSSR count). The molecule has 0 saturated heterocycles. The molecule has 8 nitrogen and oxygen atoms in total. The van der Waals surface area contributed by atoms with Gasteiger partial charge in [0.25, 0.3) is 15.9 Å². The maximum absolute atomic E-state index is 14.1. The zero-order chi connectivity index (χ0) is 24.5. The van der Waals surface area contributed by atoms with Crippen molar-refractivity contribution in [1.82, 2.24) is 9.82 Å². The lowest BCUT2D eigenvalue weighted by Crippen LogP contribution is -2.29. The van der Waals surface area contributed by atoms with Crippen LogP contribution in [0.4, 0.5) is 18.9 Å². The first-order valence-electron chi connectivity index (χ1n) is 9.54. The van der Waals surface area contributed by atoms with Crippen molar-refractivity contribution >= 4 is 21.6 Å². The van der Waals surface area contributed by atoms with Crippen LogP contribution in [0.25, 0.3) is 22.8 Å². The summed E-state index contributed by atoms with van der Waals surface area (Å²) in [5, 5.41) is 0. The Balaban J connectivity index is 1.59. The molecular formula is C22H15F3N4O4S. The lowest BCUT2D eigenvalue weighted by Gasteiger charge is -2.10. The van der Waals surface area contributed by atoms with Gasteiger partial charge in [-0.15, -0.1) is 4.83 Å². The van der Waals surface area contributed by atoms with Crippen molar-refractivity contribution < 1.29 is 30.8 Å². The molecule has 0 aliphatic carbocycles. The molecule has 174 valence electrons. The van der Waals surface area contributed by atoms with E-state index >= 15 is 0 Å². The van der Waals surface area contributed by atoms with E-state index < -0.39 is 44.8 Å². The van der Waals surface area contributed by atoms with Crippen molar-refractivity contribution in [3.8, 4) is 22.8 Å². The summed E-state index contributed by atoms with van der Waals surface area (Å²) in [5.74, 6) is -4.01. The number of benzene rings is 3. The first-order chi connectivity index (χ1) is 16.2. The van der Waals surface area contributed by atoms with Crippen molar-refractivity contribution in [3.05, 3.63) is 89.9 Å². The summed E-state index contributed by atoms with van der Waals surface area (Å²) < 4.78 is 71.3. The van der Waals surface area contributed by atoms with Crippen molar-refractivity contribution in [1.29, 1.82) is 0 Å². The molecule has 4 aromatic rings. The smallest absolute Gasteiger partial charge is 0.271 e. The van der Waals surface area contributed by atoms with Gasteiger partial charge in [0.1, 0.15) is 23.0 Å². The zero-order valence-electron chi connectivity index (χ0n) is 17.1. The van der Waals surface area contributed by atoms with Crippen molar-refractivity contribution in [2.45, 2.75) is 4.90 Å². The van der Waals surface area contributed by atoms with Crippen molar-refractivity contribution in [2.24, 2.45) is 5.73 Å². The molecule has 3 aromatic carbocycles. The molecule has 1 aromatic heterocycles. The molecule has 0 saturated carbocycles. The first-order valence-corrected chi connectivity index (χ1v) is 11.0. The van der Waals surface area contributed by atoms with E-state index in [1.54, 1.807) is 0 Å². The van der Waals surface area contributed by atoms with Gasteiger partial charge in [-0.1, -0.05) is 6.07 Å². The normalized spacial score (nSPS) is 11.4. The van der Waals surface area contributed by atoms with Gasteiger partial charge in [-0.25, -0.2) is 26.6 Å². The topological polar surface area (TPSA) is 127 Å². The number of primary amides is 1. The number of hydrazine groups is 1. The number of amides is 1. The number of oxazole rings is 1. The van der Waals surface area contributed by atoms with E-state index in [1.807, 2.05) is 0 Å². The summed E-state index contributed by atoms with van der Waals surface area (Å²) in [4.78, 5) is 17.7. The minimum Gasteiger partial charge on any atom is -0.435 e. The zero-order valence-corrected chi connectivity index (χ0v) is 17.9. The van der Waals surface area contributed by atoms with Gasteiger partial charge in [0.2, 0.25) is 5.89 Å². The van der Waals surface area contributed by atoms with Crippen LogP contribution in [-0.4, -0.2) is 19.3 Å². The number of aromatic nitrogens is 1. The van der Waals surface area contributed by atoms with E-state index in [1.165, 1.54) is 30.3 Å². The third-order valence-electron chi connectivity index (χ3n) is 4.64. The highest BCUT2D eigenvalue weighted by molar-refractivity contribution is 7.89. The van der Waals surface area contributed by atoms with Crippen molar-refractivity contribution in [2.75, 3.05) is 5.43 Å². The number of nitrogens with one attached hydrogen (secondary N) is 2. The first kappa shape index (κ1) is 23.0. The number of nitrogens with zero attached hydrogens (tertiary/aromatic N) is 1. The molecule has 34 heavy (non-hydrogen) atoms. The Morgan fingerprint density at radius 1 is 0.912 bits per heavy atom. The fourth-order valence-corrected chi connectivity index (χ4v) is 3.86. The van der Waals surface area contributed by atoms with E-state index in [9.17, 15) is 26.4 Å². The van der Waals surface area contributed by atoms with Crippen LogP contribution >= 0.6 is 0 Å². The molecule has 1 heterocycles. The van der Waals surface area contributed by atoms with Crippen molar-refractivity contribution in [3.63, 3.8) is 0 Å². The van der Waals surface area contributed by atoms with Crippen LogP contribution in [0.5, 0.6) is 0 Å². The fourth-order valence-electron chi connectivity index (χ4n) is 3.00. The van der Waals surface area contributed by atoms with Crippen LogP contribution in [0.1, 0.15) is 10.5 Å². The maximum Gasteiger partial charge on any atom is 0.271 e. The van der Waals surface area contributed by atoms with Gasteiger partial charge in [-0.05, 0) is 60.7 Å². The summed E-state index contributed by atoms with van der Waals surface area (Å²) in [5.41, 5.74) is 7.54. The second kappa shape index (κ2) is 9.00. The van der Waals surface area contributed by atoms with Crippen LogP contribution in [0.15, 0.2) is 76.0 Å². The second-order valence-electron chi connectivity index (χ2n) is 6.92. The van der Waals surface area contributed by atoms with Gasteiger partial charge in [-0.2, -0.15) is 0 Å². The Morgan fingerprint density at radius 3 is 2.12 bits per heavy atom. The Kier molecular flexibility index (Phi) is 6.09. The van der Waals surface area contributed by atoms with E-state index in [2.05, 4.69) is 15.2 Å². The van der Waals surface area contributed by atoms with Gasteiger partial charge in [-0.3, -0.25) is 4.79 Å². The monoisotopic (exact) mass is 488 g/mol. The maximum atomic E-state index is 14.1. The summed E-state index contributed by atoms with van der Waals surface area (Å²) in [6.07, 6.45) is 0. The Labute approximate surface area is 191 Å². The van der Waals surface area contributed by atoms with E-state index in [-0.39, 0.29) is 21.9 Å². The van der Waals surface area contributed by atoms with E-state index in [4.69, 9.17) is 10.2 Å². The van der Waals surface area contributed by atoms with Gasteiger partial charge >= 0.3 is 0 Å².